The van der Waals surface area contributed by atoms with Gasteiger partial charge in [0, 0.05) is 12.1 Å². The van der Waals surface area contributed by atoms with Gasteiger partial charge in [-0.2, -0.15) is 0 Å². The summed E-state index contributed by atoms with van der Waals surface area (Å²) in [5.41, 5.74) is -0.216. The van der Waals surface area contributed by atoms with E-state index in [1.54, 1.807) is 0 Å². The van der Waals surface area contributed by atoms with Gasteiger partial charge in [-0.1, -0.05) is 26.3 Å². The number of carboxylic acids is 1. The first-order chi connectivity index (χ1) is 8.88. The number of carbonyl (C=O) groups is 1. The molecule has 0 saturated heterocycles. The summed E-state index contributed by atoms with van der Waals surface area (Å²) in [6.07, 6.45) is 0.900. The summed E-state index contributed by atoms with van der Waals surface area (Å²) < 4.78 is 0. The first kappa shape index (κ1) is 14.9. The van der Waals surface area contributed by atoms with Crippen LogP contribution in [0.25, 0.3) is 0 Å². The number of aromatic carboxylic acids is 1. The molecule has 2 N–H and O–H groups in total. The number of nitro benzene ring substituents is 1. The highest BCUT2D eigenvalue weighted by Crippen LogP contribution is 2.30. The van der Waals surface area contributed by atoms with Crippen LogP contribution in [0.1, 0.15) is 37.6 Å². The van der Waals surface area contributed by atoms with Crippen LogP contribution in [0.4, 0.5) is 11.4 Å². The Labute approximate surface area is 111 Å². The van der Waals surface area contributed by atoms with Crippen molar-refractivity contribution in [3.8, 4) is 0 Å². The molecular weight excluding hydrogens is 248 g/mol. The lowest BCUT2D eigenvalue weighted by Gasteiger charge is -2.21. The SMILES string of the molecule is CCC(C)C(C)Nc1c(C(=O)O)cccc1[N+](=O)[O-]. The molecule has 0 aliphatic rings. The number of rotatable bonds is 6. The quantitative estimate of drug-likeness (QED) is 0.609. The highest BCUT2D eigenvalue weighted by molar-refractivity contribution is 5.96. The van der Waals surface area contributed by atoms with Gasteiger partial charge in [0.1, 0.15) is 5.69 Å². The van der Waals surface area contributed by atoms with Crippen LogP contribution < -0.4 is 5.32 Å². The number of hydrogen-bond donors (Lipinski definition) is 2. The number of anilines is 1. The van der Waals surface area contributed by atoms with E-state index in [9.17, 15) is 14.9 Å². The Morgan fingerprint density at radius 2 is 2.11 bits per heavy atom. The number of nitrogens with zero attached hydrogens (tertiary/aromatic N) is 1. The number of hydrogen-bond acceptors (Lipinski definition) is 4. The molecule has 6 heteroatoms. The maximum atomic E-state index is 11.2. The molecule has 6 nitrogen and oxygen atoms in total. The molecule has 0 amide bonds. The van der Waals surface area contributed by atoms with Gasteiger partial charge in [0.05, 0.1) is 10.5 Å². The van der Waals surface area contributed by atoms with E-state index >= 15 is 0 Å². The molecule has 0 spiro atoms. The third-order valence-corrected chi connectivity index (χ3v) is 3.34. The molecule has 1 rings (SSSR count). The molecule has 2 unspecified atom stereocenters. The zero-order chi connectivity index (χ0) is 14.6. The lowest BCUT2D eigenvalue weighted by atomic mass is 10.00. The first-order valence-corrected chi connectivity index (χ1v) is 6.15. The Balaban J connectivity index is 3.22. The molecule has 0 aliphatic heterocycles. The monoisotopic (exact) mass is 266 g/mol. The minimum Gasteiger partial charge on any atom is -0.478 e. The zero-order valence-electron chi connectivity index (χ0n) is 11.2. The maximum absolute atomic E-state index is 11.2. The summed E-state index contributed by atoms with van der Waals surface area (Å²) in [5, 5.41) is 23.1. The Bertz CT molecular complexity index is 455. The molecule has 0 aromatic heterocycles. The molecule has 0 heterocycles. The Kier molecular flexibility index (Phi) is 4.86. The summed E-state index contributed by atoms with van der Waals surface area (Å²) in [6, 6.07) is 3.99. The van der Waals surface area contributed by atoms with Gasteiger partial charge in [0.2, 0.25) is 0 Å². The van der Waals surface area contributed by atoms with Crippen molar-refractivity contribution in [3.05, 3.63) is 33.9 Å². The van der Waals surface area contributed by atoms with E-state index in [1.165, 1.54) is 18.2 Å². The van der Waals surface area contributed by atoms with E-state index in [0.717, 1.165) is 6.42 Å². The van der Waals surface area contributed by atoms with Crippen LogP contribution in [0.15, 0.2) is 18.2 Å². The highest BCUT2D eigenvalue weighted by atomic mass is 16.6. The molecular formula is C13H18N2O4. The molecule has 1 aromatic carbocycles. The molecule has 104 valence electrons. The fourth-order valence-electron chi connectivity index (χ4n) is 1.75. The van der Waals surface area contributed by atoms with Gasteiger partial charge >= 0.3 is 5.97 Å². The summed E-state index contributed by atoms with van der Waals surface area (Å²) >= 11 is 0. The average Bonchev–Trinajstić information content (AvgIpc) is 2.37. The highest BCUT2D eigenvalue weighted by Gasteiger charge is 2.23. The predicted molar refractivity (Wildman–Crippen MR) is 72.6 cm³/mol. The molecule has 0 aliphatic carbocycles. The van der Waals surface area contributed by atoms with Gasteiger partial charge < -0.3 is 10.4 Å². The van der Waals surface area contributed by atoms with Crippen LogP contribution in [0.5, 0.6) is 0 Å². The van der Waals surface area contributed by atoms with Crippen molar-refractivity contribution in [2.75, 3.05) is 5.32 Å². The summed E-state index contributed by atoms with van der Waals surface area (Å²) in [5.74, 6) is -0.899. The lowest BCUT2D eigenvalue weighted by molar-refractivity contribution is -0.384. The van der Waals surface area contributed by atoms with E-state index in [4.69, 9.17) is 5.11 Å². The molecule has 19 heavy (non-hydrogen) atoms. The Morgan fingerprint density at radius 1 is 1.47 bits per heavy atom. The number of nitrogens with one attached hydrogen (secondary N) is 1. The number of benzene rings is 1. The Hall–Kier alpha value is -2.11. The second-order valence-corrected chi connectivity index (χ2v) is 4.58. The predicted octanol–water partition coefficient (Wildman–Crippen LogP) is 3.14. The minimum absolute atomic E-state index is 0.0517. The topological polar surface area (TPSA) is 92.5 Å². The van der Waals surface area contributed by atoms with Crippen LogP contribution >= 0.6 is 0 Å². The number of carboxylic acid groups (broad SMARTS) is 1. The van der Waals surface area contributed by atoms with Gasteiger partial charge in [-0.3, -0.25) is 10.1 Å². The van der Waals surface area contributed by atoms with Crippen LogP contribution in [0.3, 0.4) is 0 Å². The standard InChI is InChI=1S/C13H18N2O4/c1-4-8(2)9(3)14-12-10(13(16)17)6-5-7-11(12)15(18)19/h5-9,14H,4H2,1-3H3,(H,16,17). The van der Waals surface area contributed by atoms with E-state index < -0.39 is 10.9 Å². The number of para-hydroxylation sites is 1. The molecule has 0 fully saturated rings. The fraction of sp³-hybridized carbons (Fsp3) is 0.462. The fourth-order valence-corrected chi connectivity index (χ4v) is 1.75. The van der Waals surface area contributed by atoms with Crippen molar-refractivity contribution in [1.82, 2.24) is 0 Å². The zero-order valence-corrected chi connectivity index (χ0v) is 11.2. The molecule has 2 atom stereocenters. The van der Waals surface area contributed by atoms with Crippen molar-refractivity contribution >= 4 is 17.3 Å². The molecule has 1 aromatic rings. The second-order valence-electron chi connectivity index (χ2n) is 4.58. The molecule has 0 bridgehead atoms. The average molecular weight is 266 g/mol. The van der Waals surface area contributed by atoms with Gasteiger partial charge in [0.15, 0.2) is 0 Å². The van der Waals surface area contributed by atoms with E-state index in [0.29, 0.717) is 0 Å². The van der Waals surface area contributed by atoms with Crippen molar-refractivity contribution in [2.45, 2.75) is 33.2 Å². The van der Waals surface area contributed by atoms with E-state index in [2.05, 4.69) is 5.32 Å². The smallest absolute Gasteiger partial charge is 0.338 e. The summed E-state index contributed by atoms with van der Waals surface area (Å²) in [6.45, 7) is 5.91. The van der Waals surface area contributed by atoms with Crippen molar-refractivity contribution in [1.29, 1.82) is 0 Å². The normalized spacial score (nSPS) is 13.6. The van der Waals surface area contributed by atoms with Crippen molar-refractivity contribution in [2.24, 2.45) is 5.92 Å². The Morgan fingerprint density at radius 3 is 2.58 bits per heavy atom. The van der Waals surface area contributed by atoms with E-state index in [-0.39, 0.29) is 28.9 Å². The lowest BCUT2D eigenvalue weighted by Crippen LogP contribution is -2.25. The minimum atomic E-state index is -1.18. The van der Waals surface area contributed by atoms with E-state index in [1.807, 2.05) is 20.8 Å². The molecule has 0 radical (unpaired) electrons. The van der Waals surface area contributed by atoms with Gasteiger partial charge in [-0.05, 0) is 18.9 Å². The number of nitro groups is 1. The van der Waals surface area contributed by atoms with Crippen LogP contribution in [0, 0.1) is 16.0 Å². The van der Waals surface area contributed by atoms with Crippen molar-refractivity contribution < 1.29 is 14.8 Å². The third kappa shape index (κ3) is 3.43. The first-order valence-electron chi connectivity index (χ1n) is 6.15. The molecule has 0 saturated carbocycles. The second kappa shape index (κ2) is 6.17. The van der Waals surface area contributed by atoms with Gasteiger partial charge in [0.25, 0.3) is 5.69 Å². The van der Waals surface area contributed by atoms with Crippen LogP contribution in [-0.2, 0) is 0 Å². The summed E-state index contributed by atoms with van der Waals surface area (Å²) in [7, 11) is 0. The largest absolute Gasteiger partial charge is 0.478 e. The summed E-state index contributed by atoms with van der Waals surface area (Å²) in [4.78, 5) is 21.6. The maximum Gasteiger partial charge on any atom is 0.338 e. The van der Waals surface area contributed by atoms with Crippen molar-refractivity contribution in [3.63, 3.8) is 0 Å². The van der Waals surface area contributed by atoms with Crippen LogP contribution in [0.2, 0.25) is 0 Å². The third-order valence-electron chi connectivity index (χ3n) is 3.34. The van der Waals surface area contributed by atoms with Crippen LogP contribution in [-0.4, -0.2) is 22.0 Å². The van der Waals surface area contributed by atoms with Gasteiger partial charge in [-0.25, -0.2) is 4.79 Å². The van der Waals surface area contributed by atoms with Gasteiger partial charge in [-0.15, -0.1) is 0 Å².